The summed E-state index contributed by atoms with van der Waals surface area (Å²) in [5.41, 5.74) is 3.12. The molecule has 0 unspecified atom stereocenters. The molecular formula is C13H10BrN3. The number of nitrogens with zero attached hydrogens (tertiary/aromatic N) is 3. The standard InChI is InChI=1S/C13H10BrN3/c1-9-4-6-10(7-5-9)17-13-11(12(14)16-17)3-2-8-15-13/h2-8H,1H3. The summed E-state index contributed by atoms with van der Waals surface area (Å²) < 4.78 is 2.67. The number of halogens is 1. The highest BCUT2D eigenvalue weighted by Gasteiger charge is 2.09. The second kappa shape index (κ2) is 3.96. The molecule has 3 aromatic rings. The molecule has 3 rings (SSSR count). The van der Waals surface area contributed by atoms with Gasteiger partial charge in [-0.3, -0.25) is 0 Å². The van der Waals surface area contributed by atoms with E-state index in [9.17, 15) is 0 Å². The Hall–Kier alpha value is -1.68. The van der Waals surface area contributed by atoms with Crippen LogP contribution in [-0.2, 0) is 0 Å². The summed E-state index contributed by atoms with van der Waals surface area (Å²) in [5, 5.41) is 5.48. The summed E-state index contributed by atoms with van der Waals surface area (Å²) in [7, 11) is 0. The third-order valence-electron chi connectivity index (χ3n) is 2.68. The molecule has 17 heavy (non-hydrogen) atoms. The summed E-state index contributed by atoms with van der Waals surface area (Å²) in [4.78, 5) is 4.37. The number of rotatable bonds is 1. The summed E-state index contributed by atoms with van der Waals surface area (Å²) in [6.45, 7) is 2.07. The summed E-state index contributed by atoms with van der Waals surface area (Å²) >= 11 is 3.46. The Balaban J connectivity index is 2.27. The van der Waals surface area contributed by atoms with Crippen LogP contribution in [0.2, 0.25) is 0 Å². The molecule has 0 radical (unpaired) electrons. The van der Waals surface area contributed by atoms with Gasteiger partial charge in [0.05, 0.1) is 11.1 Å². The van der Waals surface area contributed by atoms with Crippen molar-refractivity contribution >= 4 is 27.0 Å². The second-order valence-electron chi connectivity index (χ2n) is 3.91. The molecule has 0 aliphatic carbocycles. The van der Waals surface area contributed by atoms with Gasteiger partial charge in [0, 0.05) is 6.20 Å². The van der Waals surface area contributed by atoms with Crippen molar-refractivity contribution in [2.45, 2.75) is 6.92 Å². The maximum Gasteiger partial charge on any atom is 0.164 e. The van der Waals surface area contributed by atoms with Crippen LogP contribution in [0, 0.1) is 6.92 Å². The van der Waals surface area contributed by atoms with Gasteiger partial charge in [0.25, 0.3) is 0 Å². The molecule has 84 valence electrons. The molecule has 3 nitrogen and oxygen atoms in total. The molecule has 0 N–H and O–H groups in total. The van der Waals surface area contributed by atoms with Gasteiger partial charge in [0.1, 0.15) is 4.60 Å². The van der Waals surface area contributed by atoms with E-state index in [0.29, 0.717) is 0 Å². The SMILES string of the molecule is Cc1ccc(-n2nc(Br)c3cccnc32)cc1. The molecule has 0 saturated carbocycles. The van der Waals surface area contributed by atoms with Crippen LogP contribution in [0.4, 0.5) is 0 Å². The van der Waals surface area contributed by atoms with Crippen molar-refractivity contribution in [1.82, 2.24) is 14.8 Å². The molecule has 0 spiro atoms. The molecule has 0 aliphatic heterocycles. The van der Waals surface area contributed by atoms with Crippen molar-refractivity contribution in [3.8, 4) is 5.69 Å². The van der Waals surface area contributed by atoms with E-state index in [0.717, 1.165) is 21.3 Å². The topological polar surface area (TPSA) is 30.7 Å². The Bertz CT molecular complexity index is 671. The van der Waals surface area contributed by atoms with Crippen molar-refractivity contribution in [2.24, 2.45) is 0 Å². The first-order chi connectivity index (χ1) is 8.25. The van der Waals surface area contributed by atoms with Crippen LogP contribution < -0.4 is 0 Å². The van der Waals surface area contributed by atoms with Crippen LogP contribution in [-0.4, -0.2) is 14.8 Å². The summed E-state index contributed by atoms with van der Waals surface area (Å²) in [6, 6.07) is 12.1. The van der Waals surface area contributed by atoms with Gasteiger partial charge in [-0.1, -0.05) is 17.7 Å². The molecule has 0 amide bonds. The zero-order valence-electron chi connectivity index (χ0n) is 9.26. The van der Waals surface area contributed by atoms with Crippen LogP contribution >= 0.6 is 15.9 Å². The average molecular weight is 288 g/mol. The maximum atomic E-state index is 4.46. The number of benzene rings is 1. The highest BCUT2D eigenvalue weighted by molar-refractivity contribution is 9.10. The second-order valence-corrected chi connectivity index (χ2v) is 4.66. The van der Waals surface area contributed by atoms with E-state index in [1.165, 1.54) is 5.56 Å². The molecule has 0 atom stereocenters. The van der Waals surface area contributed by atoms with Crippen LogP contribution in [0.25, 0.3) is 16.7 Å². The lowest BCUT2D eigenvalue weighted by molar-refractivity contribution is 0.885. The smallest absolute Gasteiger partial charge is 0.164 e. The number of aryl methyl sites for hydroxylation is 1. The van der Waals surface area contributed by atoms with Crippen molar-refractivity contribution < 1.29 is 0 Å². The molecule has 4 heteroatoms. The van der Waals surface area contributed by atoms with Crippen molar-refractivity contribution in [1.29, 1.82) is 0 Å². The first kappa shape index (κ1) is 10.5. The molecule has 2 aromatic heterocycles. The lowest BCUT2D eigenvalue weighted by Crippen LogP contribution is -1.97. The first-order valence-corrected chi connectivity index (χ1v) is 6.11. The van der Waals surface area contributed by atoms with E-state index in [1.54, 1.807) is 6.20 Å². The van der Waals surface area contributed by atoms with Gasteiger partial charge in [-0.05, 0) is 47.1 Å². The molecule has 0 saturated heterocycles. The average Bonchev–Trinajstić information content (AvgIpc) is 2.69. The highest BCUT2D eigenvalue weighted by atomic mass is 79.9. The predicted molar refractivity (Wildman–Crippen MR) is 71.3 cm³/mol. The van der Waals surface area contributed by atoms with E-state index in [-0.39, 0.29) is 0 Å². The lowest BCUT2D eigenvalue weighted by Gasteiger charge is -2.02. The minimum absolute atomic E-state index is 0.821. The van der Waals surface area contributed by atoms with Gasteiger partial charge in [0.15, 0.2) is 5.65 Å². The van der Waals surface area contributed by atoms with Crippen molar-refractivity contribution in [2.75, 3.05) is 0 Å². The molecule has 0 aliphatic rings. The largest absolute Gasteiger partial charge is 0.236 e. The third-order valence-corrected chi connectivity index (χ3v) is 3.26. The van der Waals surface area contributed by atoms with Gasteiger partial charge < -0.3 is 0 Å². The molecule has 0 fully saturated rings. The van der Waals surface area contributed by atoms with Gasteiger partial charge in [-0.2, -0.15) is 5.10 Å². The van der Waals surface area contributed by atoms with E-state index in [4.69, 9.17) is 0 Å². The minimum Gasteiger partial charge on any atom is -0.236 e. The van der Waals surface area contributed by atoms with Crippen LogP contribution in [0.15, 0.2) is 47.2 Å². The van der Waals surface area contributed by atoms with E-state index in [2.05, 4.69) is 45.1 Å². The molecular weight excluding hydrogens is 278 g/mol. The Morgan fingerprint density at radius 2 is 1.88 bits per heavy atom. The molecule has 1 aromatic carbocycles. The fourth-order valence-corrected chi connectivity index (χ4v) is 2.25. The lowest BCUT2D eigenvalue weighted by atomic mass is 10.2. The van der Waals surface area contributed by atoms with Gasteiger partial charge in [-0.25, -0.2) is 9.67 Å². The third kappa shape index (κ3) is 1.74. The Morgan fingerprint density at radius 3 is 2.65 bits per heavy atom. The Kier molecular flexibility index (Phi) is 2.44. The van der Waals surface area contributed by atoms with Crippen LogP contribution in [0.5, 0.6) is 0 Å². The quantitative estimate of drug-likeness (QED) is 0.686. The normalized spacial score (nSPS) is 10.9. The number of hydrogen-bond donors (Lipinski definition) is 0. The zero-order chi connectivity index (χ0) is 11.8. The molecule has 2 heterocycles. The summed E-state index contributed by atoms with van der Waals surface area (Å²) in [5.74, 6) is 0. The predicted octanol–water partition coefficient (Wildman–Crippen LogP) is 3.49. The van der Waals surface area contributed by atoms with E-state index in [1.807, 2.05) is 28.9 Å². The summed E-state index contributed by atoms with van der Waals surface area (Å²) in [6.07, 6.45) is 1.78. The highest BCUT2D eigenvalue weighted by Crippen LogP contribution is 2.23. The van der Waals surface area contributed by atoms with E-state index < -0.39 is 0 Å². The zero-order valence-corrected chi connectivity index (χ0v) is 10.8. The first-order valence-electron chi connectivity index (χ1n) is 5.32. The number of hydrogen-bond acceptors (Lipinski definition) is 2. The van der Waals surface area contributed by atoms with Crippen LogP contribution in [0.3, 0.4) is 0 Å². The molecule has 0 bridgehead atoms. The van der Waals surface area contributed by atoms with Crippen molar-refractivity contribution in [3.05, 3.63) is 52.8 Å². The maximum absolute atomic E-state index is 4.46. The van der Waals surface area contributed by atoms with Gasteiger partial charge in [-0.15, -0.1) is 0 Å². The Labute approximate surface area is 107 Å². The van der Waals surface area contributed by atoms with Crippen LogP contribution in [0.1, 0.15) is 5.56 Å². The van der Waals surface area contributed by atoms with Crippen molar-refractivity contribution in [3.63, 3.8) is 0 Å². The van der Waals surface area contributed by atoms with E-state index >= 15 is 0 Å². The monoisotopic (exact) mass is 287 g/mol. The fraction of sp³-hybridized carbons (Fsp3) is 0.0769. The fourth-order valence-electron chi connectivity index (χ4n) is 1.78. The number of pyridine rings is 1. The van der Waals surface area contributed by atoms with Gasteiger partial charge in [0.2, 0.25) is 0 Å². The minimum atomic E-state index is 0.821. The number of fused-ring (bicyclic) bond motifs is 1. The van der Waals surface area contributed by atoms with Gasteiger partial charge >= 0.3 is 0 Å². The number of aromatic nitrogens is 3. The Morgan fingerprint density at radius 1 is 1.12 bits per heavy atom.